The second-order valence-corrected chi connectivity index (χ2v) is 6.09. The van der Waals surface area contributed by atoms with Gasteiger partial charge >= 0.3 is 6.03 Å². The minimum atomic E-state index is -0.240. The molecular weight excluding hydrogens is 302 g/mol. The maximum atomic E-state index is 12.4. The fourth-order valence-electron chi connectivity index (χ4n) is 2.75. The molecule has 3 rings (SSSR count). The molecule has 1 aliphatic rings. The fourth-order valence-corrected chi connectivity index (χ4v) is 2.75. The summed E-state index contributed by atoms with van der Waals surface area (Å²) >= 11 is 0. The number of urea groups is 1. The van der Waals surface area contributed by atoms with Crippen molar-refractivity contribution in [2.75, 3.05) is 10.6 Å². The van der Waals surface area contributed by atoms with Gasteiger partial charge in [0.25, 0.3) is 0 Å². The number of benzene rings is 2. The molecule has 0 bridgehead atoms. The zero-order chi connectivity index (χ0) is 16.9. The van der Waals surface area contributed by atoms with E-state index >= 15 is 0 Å². The molecule has 0 heterocycles. The van der Waals surface area contributed by atoms with Crippen LogP contribution in [0.15, 0.2) is 54.6 Å². The summed E-state index contributed by atoms with van der Waals surface area (Å²) in [6.45, 7) is 1.45. The van der Waals surface area contributed by atoms with Crippen molar-refractivity contribution in [1.82, 2.24) is 5.32 Å². The highest BCUT2D eigenvalue weighted by Crippen LogP contribution is 2.40. The van der Waals surface area contributed by atoms with Crippen LogP contribution in [0, 0.1) is 5.92 Å². The first kappa shape index (κ1) is 16.1. The molecule has 5 nitrogen and oxygen atoms in total. The maximum absolute atomic E-state index is 12.4. The molecule has 1 fully saturated rings. The minimum Gasteiger partial charge on any atom is -0.331 e. The van der Waals surface area contributed by atoms with Crippen molar-refractivity contribution in [3.63, 3.8) is 0 Å². The van der Waals surface area contributed by atoms with Crippen LogP contribution < -0.4 is 16.0 Å². The van der Waals surface area contributed by atoms with E-state index in [9.17, 15) is 9.59 Å². The predicted molar refractivity (Wildman–Crippen MR) is 94.8 cm³/mol. The second-order valence-electron chi connectivity index (χ2n) is 6.09. The highest BCUT2D eigenvalue weighted by atomic mass is 16.2. The first-order valence-corrected chi connectivity index (χ1v) is 8.12. The second kappa shape index (κ2) is 7.17. The summed E-state index contributed by atoms with van der Waals surface area (Å²) in [5.41, 5.74) is 2.42. The molecule has 1 aliphatic carbocycles. The van der Waals surface area contributed by atoms with Gasteiger partial charge in [0.05, 0.1) is 6.04 Å². The Morgan fingerprint density at radius 1 is 0.958 bits per heavy atom. The Kier molecular flexibility index (Phi) is 4.79. The van der Waals surface area contributed by atoms with Crippen LogP contribution >= 0.6 is 0 Å². The van der Waals surface area contributed by atoms with E-state index < -0.39 is 0 Å². The fraction of sp³-hybridized carbons (Fsp3) is 0.263. The van der Waals surface area contributed by atoms with Gasteiger partial charge in [0.2, 0.25) is 5.91 Å². The number of amides is 3. The molecule has 0 radical (unpaired) electrons. The summed E-state index contributed by atoms with van der Waals surface area (Å²) in [7, 11) is 0. The lowest BCUT2D eigenvalue weighted by atomic mass is 10.0. The van der Waals surface area contributed by atoms with Crippen molar-refractivity contribution in [3.8, 4) is 0 Å². The maximum Gasteiger partial charge on any atom is 0.319 e. The first-order valence-electron chi connectivity index (χ1n) is 8.12. The Morgan fingerprint density at radius 2 is 1.62 bits per heavy atom. The molecule has 24 heavy (non-hydrogen) atoms. The first-order chi connectivity index (χ1) is 11.6. The van der Waals surface area contributed by atoms with Crippen LogP contribution in [0.3, 0.4) is 0 Å². The molecule has 3 amide bonds. The Morgan fingerprint density at radius 3 is 2.25 bits per heavy atom. The molecule has 0 saturated heterocycles. The van der Waals surface area contributed by atoms with E-state index in [0.29, 0.717) is 17.3 Å². The Hall–Kier alpha value is -2.82. The molecule has 3 N–H and O–H groups in total. The molecule has 1 saturated carbocycles. The van der Waals surface area contributed by atoms with Crippen LogP contribution in [-0.4, -0.2) is 11.9 Å². The van der Waals surface area contributed by atoms with Crippen molar-refractivity contribution in [2.24, 2.45) is 5.92 Å². The lowest BCUT2D eigenvalue weighted by Gasteiger charge is -2.19. The van der Waals surface area contributed by atoms with Crippen LogP contribution in [0.2, 0.25) is 0 Å². The van der Waals surface area contributed by atoms with Crippen molar-refractivity contribution in [1.29, 1.82) is 0 Å². The van der Waals surface area contributed by atoms with Gasteiger partial charge in [0.1, 0.15) is 0 Å². The van der Waals surface area contributed by atoms with E-state index in [-0.39, 0.29) is 18.0 Å². The van der Waals surface area contributed by atoms with Crippen molar-refractivity contribution < 1.29 is 9.59 Å². The summed E-state index contributed by atoms with van der Waals surface area (Å²) in [5, 5.41) is 8.61. The van der Waals surface area contributed by atoms with Crippen LogP contribution in [0.4, 0.5) is 16.2 Å². The molecule has 124 valence electrons. The topological polar surface area (TPSA) is 70.2 Å². The average molecular weight is 323 g/mol. The van der Waals surface area contributed by atoms with E-state index in [2.05, 4.69) is 16.0 Å². The summed E-state index contributed by atoms with van der Waals surface area (Å²) < 4.78 is 0. The smallest absolute Gasteiger partial charge is 0.319 e. The molecule has 2 aromatic rings. The average Bonchev–Trinajstić information content (AvgIpc) is 3.38. The highest BCUT2D eigenvalue weighted by Gasteiger charge is 2.33. The van der Waals surface area contributed by atoms with E-state index in [1.165, 1.54) is 6.92 Å². The zero-order valence-electron chi connectivity index (χ0n) is 13.6. The van der Waals surface area contributed by atoms with Crippen molar-refractivity contribution in [2.45, 2.75) is 25.8 Å². The normalized spacial score (nSPS) is 14.5. The monoisotopic (exact) mass is 323 g/mol. The van der Waals surface area contributed by atoms with Crippen molar-refractivity contribution >= 4 is 23.3 Å². The van der Waals surface area contributed by atoms with Crippen LogP contribution in [-0.2, 0) is 4.79 Å². The number of hydrogen-bond acceptors (Lipinski definition) is 2. The van der Waals surface area contributed by atoms with E-state index in [1.807, 2.05) is 30.3 Å². The molecule has 1 atom stereocenters. The third-order valence-electron chi connectivity index (χ3n) is 3.98. The van der Waals surface area contributed by atoms with Gasteiger partial charge in [0, 0.05) is 18.3 Å². The molecule has 5 heteroatoms. The minimum absolute atomic E-state index is 0.0322. The number of carbonyl (C=O) groups is 2. The molecule has 0 aromatic heterocycles. The van der Waals surface area contributed by atoms with Crippen LogP contribution in [0.25, 0.3) is 0 Å². The van der Waals surface area contributed by atoms with Gasteiger partial charge in [-0.1, -0.05) is 36.4 Å². The zero-order valence-corrected chi connectivity index (χ0v) is 13.6. The van der Waals surface area contributed by atoms with Gasteiger partial charge < -0.3 is 16.0 Å². The summed E-state index contributed by atoms with van der Waals surface area (Å²) in [5.74, 6) is 0.360. The lowest BCUT2D eigenvalue weighted by Crippen LogP contribution is -2.33. The third kappa shape index (κ3) is 4.35. The summed E-state index contributed by atoms with van der Waals surface area (Å²) in [4.78, 5) is 23.5. The quantitative estimate of drug-likeness (QED) is 0.780. The molecule has 0 spiro atoms. The van der Waals surface area contributed by atoms with Crippen LogP contribution in [0.5, 0.6) is 0 Å². The summed E-state index contributed by atoms with van der Waals surface area (Å²) in [6.07, 6.45) is 2.27. The highest BCUT2D eigenvalue weighted by molar-refractivity contribution is 5.92. The van der Waals surface area contributed by atoms with E-state index in [1.54, 1.807) is 24.3 Å². The number of rotatable bonds is 5. The van der Waals surface area contributed by atoms with Gasteiger partial charge in [-0.05, 0) is 42.5 Å². The van der Waals surface area contributed by atoms with Gasteiger partial charge in [-0.2, -0.15) is 0 Å². The predicted octanol–water partition coefficient (Wildman–Crippen LogP) is 3.92. The molecular formula is C19H21N3O2. The van der Waals surface area contributed by atoms with Gasteiger partial charge in [-0.3, -0.25) is 4.79 Å². The Labute approximate surface area is 141 Å². The number of nitrogens with one attached hydrogen (secondary N) is 3. The van der Waals surface area contributed by atoms with Gasteiger partial charge in [-0.15, -0.1) is 0 Å². The van der Waals surface area contributed by atoms with Crippen molar-refractivity contribution in [3.05, 3.63) is 60.2 Å². The Bertz CT molecular complexity index is 726. The third-order valence-corrected chi connectivity index (χ3v) is 3.98. The Balaban J connectivity index is 1.65. The van der Waals surface area contributed by atoms with E-state index in [4.69, 9.17) is 0 Å². The number of carbonyl (C=O) groups excluding carboxylic acids is 2. The lowest BCUT2D eigenvalue weighted by molar-refractivity contribution is -0.114. The molecule has 0 aliphatic heterocycles. The molecule has 2 aromatic carbocycles. The number of anilines is 2. The number of hydrogen-bond donors (Lipinski definition) is 3. The molecule has 1 unspecified atom stereocenters. The van der Waals surface area contributed by atoms with Gasteiger partial charge in [0.15, 0.2) is 0 Å². The standard InChI is InChI=1S/C19H21N3O2/c1-13(23)20-16-8-5-9-17(12-16)21-19(24)22-18(15-10-11-15)14-6-3-2-4-7-14/h2-9,12,15,18H,10-11H2,1H3,(H,20,23)(H2,21,22,24). The van der Waals surface area contributed by atoms with Gasteiger partial charge in [-0.25, -0.2) is 4.79 Å². The summed E-state index contributed by atoms with van der Waals surface area (Å²) in [6, 6.07) is 16.9. The SMILES string of the molecule is CC(=O)Nc1cccc(NC(=O)NC(c2ccccc2)C2CC2)c1. The van der Waals surface area contributed by atoms with E-state index in [0.717, 1.165) is 18.4 Å². The largest absolute Gasteiger partial charge is 0.331 e. The van der Waals surface area contributed by atoms with Crippen LogP contribution in [0.1, 0.15) is 31.4 Å².